The number of aromatic nitrogens is 2. The maximum Gasteiger partial charge on any atom is 0.157 e. The van der Waals surface area contributed by atoms with E-state index in [9.17, 15) is 9.90 Å². The molecule has 4 heteroatoms. The number of carbonyl (C=O) groups excluding carboxylic acids is 1. The van der Waals surface area contributed by atoms with Crippen molar-refractivity contribution in [2.75, 3.05) is 0 Å². The van der Waals surface area contributed by atoms with Gasteiger partial charge in [-0.15, -0.1) is 0 Å². The molecule has 6 rings (SSSR count). The minimum Gasteiger partial charge on any atom is -0.390 e. The Kier molecular flexibility index (Phi) is 5.13. The van der Waals surface area contributed by atoms with Gasteiger partial charge in [0, 0.05) is 17.5 Å². The third-order valence-electron chi connectivity index (χ3n) is 11.4. The van der Waals surface area contributed by atoms with Gasteiger partial charge >= 0.3 is 0 Å². The van der Waals surface area contributed by atoms with Gasteiger partial charge in [0.15, 0.2) is 5.78 Å². The Hall–Kier alpha value is -1.68. The van der Waals surface area contributed by atoms with Crippen LogP contribution in [0.5, 0.6) is 0 Å². The van der Waals surface area contributed by atoms with Crippen LogP contribution in [0.25, 0.3) is 10.9 Å². The molecule has 4 saturated carbocycles. The number of carbonyl (C=O) groups is 1. The highest BCUT2D eigenvalue weighted by atomic mass is 16.3. The van der Waals surface area contributed by atoms with Crippen molar-refractivity contribution in [3.05, 3.63) is 30.0 Å². The molecule has 4 fully saturated rings. The zero-order chi connectivity index (χ0) is 23.9. The summed E-state index contributed by atoms with van der Waals surface area (Å²) in [6.07, 6.45) is 12.4. The SMILES string of the molecule is Cc1ccc2cn(CC(=O)[C@H]3CC[C@H]4[C@@H]5CC[C@@H]6C[C@](C)(O)CC[C@]6(C)[C@H]5CC[C@]34C)nc2c1. The average Bonchev–Trinajstić information content (AvgIpc) is 3.33. The number of ketones is 1. The highest BCUT2D eigenvalue weighted by Crippen LogP contribution is 2.68. The van der Waals surface area contributed by atoms with Crippen LogP contribution in [0.15, 0.2) is 24.4 Å². The molecule has 1 aromatic heterocycles. The lowest BCUT2D eigenvalue weighted by Crippen LogP contribution is -2.55. The minimum absolute atomic E-state index is 0.144. The van der Waals surface area contributed by atoms with Gasteiger partial charge in [-0.2, -0.15) is 5.10 Å². The predicted octanol–water partition coefficient (Wildman–Crippen LogP) is 6.32. The molecule has 0 aliphatic heterocycles. The third-order valence-corrected chi connectivity index (χ3v) is 11.4. The van der Waals surface area contributed by atoms with E-state index in [0.29, 0.717) is 29.6 Å². The van der Waals surface area contributed by atoms with Crippen molar-refractivity contribution in [3.8, 4) is 0 Å². The van der Waals surface area contributed by atoms with Gasteiger partial charge in [0.25, 0.3) is 0 Å². The minimum atomic E-state index is -0.471. The van der Waals surface area contributed by atoms with Crippen molar-refractivity contribution < 1.29 is 9.90 Å². The van der Waals surface area contributed by atoms with Crippen molar-refractivity contribution in [1.82, 2.24) is 9.78 Å². The van der Waals surface area contributed by atoms with Crippen molar-refractivity contribution in [1.29, 1.82) is 0 Å². The van der Waals surface area contributed by atoms with Crippen molar-refractivity contribution in [3.63, 3.8) is 0 Å². The number of fused-ring (bicyclic) bond motifs is 6. The zero-order valence-electron chi connectivity index (χ0n) is 21.5. The first kappa shape index (κ1) is 22.8. The van der Waals surface area contributed by atoms with Crippen molar-refractivity contribution in [2.24, 2.45) is 40.4 Å². The Balaban J connectivity index is 1.20. The molecule has 1 aromatic carbocycles. The molecule has 4 aliphatic rings. The molecule has 34 heavy (non-hydrogen) atoms. The van der Waals surface area contributed by atoms with E-state index in [1.165, 1.54) is 44.1 Å². The fourth-order valence-electron chi connectivity index (χ4n) is 9.49. The topological polar surface area (TPSA) is 55.1 Å². The van der Waals surface area contributed by atoms with Gasteiger partial charge in [0.05, 0.1) is 17.7 Å². The summed E-state index contributed by atoms with van der Waals surface area (Å²) in [5.74, 6) is 3.44. The molecule has 4 aliphatic carbocycles. The summed E-state index contributed by atoms with van der Waals surface area (Å²) in [5, 5.41) is 16.6. The molecule has 2 aromatic rings. The van der Waals surface area contributed by atoms with E-state index in [1.54, 1.807) is 0 Å². The van der Waals surface area contributed by atoms with Crippen LogP contribution < -0.4 is 0 Å². The molecule has 0 bridgehead atoms. The van der Waals surface area contributed by atoms with Gasteiger partial charge in [0.2, 0.25) is 0 Å². The molecule has 1 N–H and O–H groups in total. The van der Waals surface area contributed by atoms with Crippen LogP contribution in [-0.4, -0.2) is 26.3 Å². The number of aliphatic hydroxyl groups is 1. The number of hydrogen-bond donors (Lipinski definition) is 1. The second kappa shape index (κ2) is 7.66. The third kappa shape index (κ3) is 3.42. The van der Waals surface area contributed by atoms with E-state index in [4.69, 9.17) is 5.10 Å². The Bertz CT molecular complexity index is 1120. The van der Waals surface area contributed by atoms with Crippen LogP contribution in [-0.2, 0) is 11.3 Å². The summed E-state index contributed by atoms with van der Waals surface area (Å²) in [4.78, 5) is 13.7. The molecule has 0 amide bonds. The number of Topliss-reactive ketones (excluding diaryl/α,β-unsaturated/α-hetero) is 1. The van der Waals surface area contributed by atoms with Gasteiger partial charge < -0.3 is 5.11 Å². The van der Waals surface area contributed by atoms with Crippen LogP contribution >= 0.6 is 0 Å². The van der Waals surface area contributed by atoms with Crippen molar-refractivity contribution >= 4 is 16.7 Å². The van der Waals surface area contributed by atoms with Crippen molar-refractivity contribution in [2.45, 2.75) is 97.6 Å². The summed E-state index contributed by atoms with van der Waals surface area (Å²) in [5.41, 5.74) is 2.24. The van der Waals surface area contributed by atoms with Crippen LogP contribution in [0.2, 0.25) is 0 Å². The Labute approximate surface area is 204 Å². The monoisotopic (exact) mass is 462 g/mol. The molecule has 4 nitrogen and oxygen atoms in total. The molecular formula is C30H42N2O2. The van der Waals surface area contributed by atoms with Crippen LogP contribution in [0.4, 0.5) is 0 Å². The average molecular weight is 463 g/mol. The first-order chi connectivity index (χ1) is 16.1. The predicted molar refractivity (Wildman–Crippen MR) is 135 cm³/mol. The lowest BCUT2D eigenvalue weighted by atomic mass is 9.44. The molecule has 184 valence electrons. The summed E-state index contributed by atoms with van der Waals surface area (Å²) in [7, 11) is 0. The number of nitrogens with zero attached hydrogens (tertiary/aromatic N) is 2. The van der Waals surface area contributed by atoms with E-state index < -0.39 is 5.60 Å². The Morgan fingerprint density at radius 3 is 2.65 bits per heavy atom. The molecule has 8 atom stereocenters. The van der Waals surface area contributed by atoms with Gasteiger partial charge in [-0.1, -0.05) is 26.0 Å². The maximum absolute atomic E-state index is 13.7. The number of aryl methyl sites for hydroxylation is 1. The highest BCUT2D eigenvalue weighted by Gasteiger charge is 2.61. The van der Waals surface area contributed by atoms with Crippen LogP contribution in [0.3, 0.4) is 0 Å². The molecule has 1 heterocycles. The maximum atomic E-state index is 13.7. The summed E-state index contributed by atoms with van der Waals surface area (Å²) in [6.45, 7) is 9.54. The Morgan fingerprint density at radius 2 is 1.82 bits per heavy atom. The lowest BCUT2D eigenvalue weighted by Gasteiger charge is -2.61. The van der Waals surface area contributed by atoms with Gasteiger partial charge in [0.1, 0.15) is 0 Å². The van der Waals surface area contributed by atoms with Gasteiger partial charge in [-0.25, -0.2) is 0 Å². The first-order valence-electron chi connectivity index (χ1n) is 13.8. The molecule has 0 radical (unpaired) electrons. The number of rotatable bonds is 3. The van der Waals surface area contributed by atoms with Gasteiger partial charge in [-0.3, -0.25) is 9.48 Å². The molecule has 0 spiro atoms. The van der Waals surface area contributed by atoms with Crippen LogP contribution in [0, 0.1) is 47.3 Å². The first-order valence-corrected chi connectivity index (χ1v) is 13.8. The lowest BCUT2D eigenvalue weighted by molar-refractivity contribution is -0.151. The highest BCUT2D eigenvalue weighted by molar-refractivity contribution is 5.83. The Morgan fingerprint density at radius 1 is 1.03 bits per heavy atom. The smallest absolute Gasteiger partial charge is 0.157 e. The van der Waals surface area contributed by atoms with E-state index in [0.717, 1.165) is 42.0 Å². The molecular weight excluding hydrogens is 420 g/mol. The summed E-state index contributed by atoms with van der Waals surface area (Å²) >= 11 is 0. The standard InChI is InChI=1S/C30H42N2O2/c1-19-5-6-20-17-32(31-26(20)15-19)18-27(33)25-10-9-23-22-8-7-21-16-28(2,34)13-14-29(21,3)24(22)11-12-30(23,25)4/h5-6,15,17,21-25,34H,7-14,16,18H2,1-4H3/t21-,22+,23+,24+,25-,28-,29+,30+/m1/s1. The largest absolute Gasteiger partial charge is 0.390 e. The van der Waals surface area contributed by atoms with E-state index in [2.05, 4.69) is 39.0 Å². The number of benzene rings is 1. The molecule has 0 saturated heterocycles. The fourth-order valence-corrected chi connectivity index (χ4v) is 9.49. The van der Waals surface area contributed by atoms with Crippen LogP contribution in [0.1, 0.15) is 84.1 Å². The second-order valence-corrected chi connectivity index (χ2v) is 13.4. The van der Waals surface area contributed by atoms with Gasteiger partial charge in [-0.05, 0) is 118 Å². The zero-order valence-corrected chi connectivity index (χ0v) is 21.5. The quantitative estimate of drug-likeness (QED) is 0.580. The molecule has 0 unspecified atom stereocenters. The van der Waals surface area contributed by atoms with E-state index in [1.807, 2.05) is 17.8 Å². The summed E-state index contributed by atoms with van der Waals surface area (Å²) in [6, 6.07) is 6.32. The normalized spacial score (nSPS) is 43.9. The van der Waals surface area contributed by atoms with E-state index in [-0.39, 0.29) is 11.3 Å². The summed E-state index contributed by atoms with van der Waals surface area (Å²) < 4.78 is 1.88. The fraction of sp³-hybridized carbons (Fsp3) is 0.733. The van der Waals surface area contributed by atoms with E-state index >= 15 is 0 Å². The second-order valence-electron chi connectivity index (χ2n) is 13.4. The number of hydrogen-bond acceptors (Lipinski definition) is 3.